The quantitative estimate of drug-likeness (QED) is 0.742. The molecule has 17 heavy (non-hydrogen) atoms. The lowest BCUT2D eigenvalue weighted by atomic mass is 9.80. The summed E-state index contributed by atoms with van der Waals surface area (Å²) in [5.41, 5.74) is 1.84. The molecule has 0 saturated heterocycles. The van der Waals surface area contributed by atoms with Gasteiger partial charge in [-0.15, -0.1) is 0 Å². The monoisotopic (exact) mass is 226 g/mol. The first-order valence-electron chi connectivity index (χ1n) is 6.03. The molecule has 2 aromatic rings. The molecule has 1 heterocycles. The van der Waals surface area contributed by atoms with Crippen molar-refractivity contribution in [2.24, 2.45) is 5.92 Å². The molecule has 1 aliphatic carbocycles. The van der Waals surface area contributed by atoms with Crippen LogP contribution in [0.4, 0.5) is 0 Å². The molecule has 1 aromatic heterocycles. The molecule has 0 aliphatic heterocycles. The van der Waals surface area contributed by atoms with Crippen LogP contribution in [0.2, 0.25) is 0 Å². The summed E-state index contributed by atoms with van der Waals surface area (Å²) in [6.07, 6.45) is 4.96. The summed E-state index contributed by atoms with van der Waals surface area (Å²) in [7, 11) is 0. The molecule has 1 aromatic carbocycles. The molecule has 1 aliphatic rings. The first-order valence-corrected chi connectivity index (χ1v) is 6.03. The molecular formula is C15H14O2. The van der Waals surface area contributed by atoms with Gasteiger partial charge in [0.05, 0.1) is 6.26 Å². The normalized spacial score (nSPS) is 15.5. The van der Waals surface area contributed by atoms with Crippen molar-refractivity contribution in [2.45, 2.75) is 19.3 Å². The van der Waals surface area contributed by atoms with Crippen LogP contribution in [0.25, 0.3) is 11.3 Å². The summed E-state index contributed by atoms with van der Waals surface area (Å²) < 4.78 is 5.31. The fraction of sp³-hybridized carbons (Fsp3) is 0.267. The Kier molecular flexibility index (Phi) is 2.56. The molecule has 0 amide bonds. The summed E-state index contributed by atoms with van der Waals surface area (Å²) in [5.74, 6) is 1.40. The molecule has 0 unspecified atom stereocenters. The Balaban J connectivity index is 1.82. The Morgan fingerprint density at radius 3 is 2.41 bits per heavy atom. The lowest BCUT2D eigenvalue weighted by molar-refractivity contribution is 0.0855. The average Bonchev–Trinajstić information content (AvgIpc) is 2.80. The first-order chi connectivity index (χ1) is 8.34. The van der Waals surface area contributed by atoms with Crippen molar-refractivity contribution in [3.05, 3.63) is 48.2 Å². The Labute approximate surface area is 100 Å². The maximum atomic E-state index is 12.0. The summed E-state index contributed by atoms with van der Waals surface area (Å²) in [5, 5.41) is 0. The second-order valence-corrected chi connectivity index (χ2v) is 4.55. The number of benzene rings is 1. The van der Waals surface area contributed by atoms with Crippen LogP contribution in [0.15, 0.2) is 47.1 Å². The molecule has 0 radical (unpaired) electrons. The fourth-order valence-electron chi connectivity index (χ4n) is 2.15. The van der Waals surface area contributed by atoms with Crippen LogP contribution in [0.1, 0.15) is 29.6 Å². The van der Waals surface area contributed by atoms with E-state index in [9.17, 15) is 4.79 Å². The number of carbonyl (C=O) groups excluding carboxylic acids is 1. The van der Waals surface area contributed by atoms with Crippen LogP contribution in [0.5, 0.6) is 0 Å². The zero-order chi connectivity index (χ0) is 11.7. The summed E-state index contributed by atoms with van der Waals surface area (Å²) in [6, 6.07) is 11.5. The van der Waals surface area contributed by atoms with E-state index < -0.39 is 0 Å². The van der Waals surface area contributed by atoms with Crippen molar-refractivity contribution in [3.8, 4) is 11.3 Å². The van der Waals surface area contributed by atoms with Gasteiger partial charge >= 0.3 is 0 Å². The lowest BCUT2D eigenvalue weighted by Gasteiger charge is -2.23. The number of hydrogen-bond acceptors (Lipinski definition) is 2. The number of ketones is 1. The standard InChI is InChI=1S/C15H14O2/c16-15(12-3-1-4-12)13-8-6-11(7-9-13)14-5-2-10-17-14/h2,5-10,12H,1,3-4H2. The maximum Gasteiger partial charge on any atom is 0.165 e. The van der Waals surface area contributed by atoms with E-state index >= 15 is 0 Å². The number of hydrogen-bond donors (Lipinski definition) is 0. The van der Waals surface area contributed by atoms with Gasteiger partial charge in [-0.2, -0.15) is 0 Å². The third-order valence-electron chi connectivity index (χ3n) is 3.45. The van der Waals surface area contributed by atoms with Crippen LogP contribution in [0.3, 0.4) is 0 Å². The van der Waals surface area contributed by atoms with Gasteiger partial charge in [0.1, 0.15) is 5.76 Å². The van der Waals surface area contributed by atoms with Gasteiger partial charge in [-0.05, 0) is 25.0 Å². The van der Waals surface area contributed by atoms with Crippen molar-refractivity contribution in [1.82, 2.24) is 0 Å². The summed E-state index contributed by atoms with van der Waals surface area (Å²) in [6.45, 7) is 0. The molecule has 86 valence electrons. The molecule has 2 heteroatoms. The van der Waals surface area contributed by atoms with Crippen molar-refractivity contribution in [2.75, 3.05) is 0 Å². The lowest BCUT2D eigenvalue weighted by Crippen LogP contribution is -2.21. The Morgan fingerprint density at radius 2 is 1.88 bits per heavy atom. The highest BCUT2D eigenvalue weighted by atomic mass is 16.3. The van der Waals surface area contributed by atoms with Crippen molar-refractivity contribution in [1.29, 1.82) is 0 Å². The molecule has 0 bridgehead atoms. The van der Waals surface area contributed by atoms with Crippen molar-refractivity contribution in [3.63, 3.8) is 0 Å². The van der Waals surface area contributed by atoms with Crippen molar-refractivity contribution < 1.29 is 9.21 Å². The first kappa shape index (κ1) is 10.3. The van der Waals surface area contributed by atoms with E-state index in [1.807, 2.05) is 36.4 Å². The number of Topliss-reactive ketones (excluding diaryl/α,β-unsaturated/α-hetero) is 1. The van der Waals surface area contributed by atoms with E-state index in [2.05, 4.69) is 0 Å². The van der Waals surface area contributed by atoms with E-state index in [4.69, 9.17) is 4.42 Å². The molecule has 0 atom stereocenters. The summed E-state index contributed by atoms with van der Waals surface area (Å²) >= 11 is 0. The number of furan rings is 1. The zero-order valence-corrected chi connectivity index (χ0v) is 9.56. The highest BCUT2D eigenvalue weighted by Crippen LogP contribution is 2.30. The average molecular weight is 226 g/mol. The molecule has 3 rings (SSSR count). The van der Waals surface area contributed by atoms with Crippen LogP contribution >= 0.6 is 0 Å². The van der Waals surface area contributed by atoms with Gasteiger partial charge in [-0.3, -0.25) is 4.79 Å². The van der Waals surface area contributed by atoms with Gasteiger partial charge in [0.15, 0.2) is 5.78 Å². The predicted molar refractivity (Wildman–Crippen MR) is 65.8 cm³/mol. The van der Waals surface area contributed by atoms with Crippen LogP contribution in [0, 0.1) is 5.92 Å². The maximum absolute atomic E-state index is 12.0. The van der Waals surface area contributed by atoms with Gasteiger partial charge in [-0.1, -0.05) is 30.7 Å². The molecule has 0 N–H and O–H groups in total. The Hall–Kier alpha value is -1.83. The van der Waals surface area contributed by atoms with Crippen LogP contribution < -0.4 is 0 Å². The minimum Gasteiger partial charge on any atom is -0.464 e. The van der Waals surface area contributed by atoms with E-state index in [-0.39, 0.29) is 5.92 Å². The fourth-order valence-corrected chi connectivity index (χ4v) is 2.15. The van der Waals surface area contributed by atoms with Crippen LogP contribution in [-0.2, 0) is 0 Å². The van der Waals surface area contributed by atoms with Gasteiger partial charge in [0, 0.05) is 17.0 Å². The van der Waals surface area contributed by atoms with E-state index in [1.54, 1.807) is 6.26 Å². The van der Waals surface area contributed by atoms with E-state index in [1.165, 1.54) is 6.42 Å². The largest absolute Gasteiger partial charge is 0.464 e. The van der Waals surface area contributed by atoms with Gasteiger partial charge in [0.25, 0.3) is 0 Å². The van der Waals surface area contributed by atoms with Gasteiger partial charge < -0.3 is 4.42 Å². The summed E-state index contributed by atoms with van der Waals surface area (Å²) in [4.78, 5) is 12.0. The molecule has 0 spiro atoms. The van der Waals surface area contributed by atoms with Crippen molar-refractivity contribution >= 4 is 5.78 Å². The van der Waals surface area contributed by atoms with E-state index in [0.717, 1.165) is 29.7 Å². The third kappa shape index (κ3) is 1.91. The zero-order valence-electron chi connectivity index (χ0n) is 9.56. The molecule has 1 saturated carbocycles. The van der Waals surface area contributed by atoms with Gasteiger partial charge in [0.2, 0.25) is 0 Å². The minimum atomic E-state index is 0.268. The highest BCUT2D eigenvalue weighted by molar-refractivity contribution is 5.98. The highest BCUT2D eigenvalue weighted by Gasteiger charge is 2.25. The minimum absolute atomic E-state index is 0.268. The topological polar surface area (TPSA) is 30.2 Å². The molecule has 1 fully saturated rings. The van der Waals surface area contributed by atoms with E-state index in [0.29, 0.717) is 5.78 Å². The van der Waals surface area contributed by atoms with Gasteiger partial charge in [-0.25, -0.2) is 0 Å². The smallest absolute Gasteiger partial charge is 0.165 e. The number of carbonyl (C=O) groups is 1. The predicted octanol–water partition coefficient (Wildman–Crippen LogP) is 3.93. The molecule has 2 nitrogen and oxygen atoms in total. The Bertz CT molecular complexity index is 504. The second kappa shape index (κ2) is 4.21. The second-order valence-electron chi connectivity index (χ2n) is 4.55. The third-order valence-corrected chi connectivity index (χ3v) is 3.45. The van der Waals surface area contributed by atoms with Crippen LogP contribution in [-0.4, -0.2) is 5.78 Å². The SMILES string of the molecule is O=C(c1ccc(-c2ccco2)cc1)C1CCC1. The number of rotatable bonds is 3. The molecular weight excluding hydrogens is 212 g/mol. The Morgan fingerprint density at radius 1 is 1.12 bits per heavy atom.